The van der Waals surface area contributed by atoms with Gasteiger partial charge in [-0.15, -0.1) is 0 Å². The van der Waals surface area contributed by atoms with Crippen molar-refractivity contribution in [2.45, 2.75) is 45.6 Å². The van der Waals surface area contributed by atoms with Crippen LogP contribution in [0.15, 0.2) is 0 Å². The maximum Gasteiger partial charge on any atom is 0.0607 e. The quantitative estimate of drug-likeness (QED) is 0.623. The molecule has 0 aromatic carbocycles. The molecular formula is C13H22O. The molecule has 3 rings (SSSR count). The Morgan fingerprint density at radius 1 is 1.21 bits per heavy atom. The predicted molar refractivity (Wildman–Crippen MR) is 57.0 cm³/mol. The second-order valence-electron chi connectivity index (χ2n) is 6.24. The minimum atomic E-state index is 0.585. The lowest BCUT2D eigenvalue weighted by Crippen LogP contribution is -2.35. The Labute approximate surface area is 87.2 Å². The van der Waals surface area contributed by atoms with Crippen LogP contribution < -0.4 is 0 Å². The van der Waals surface area contributed by atoms with Gasteiger partial charge in [-0.05, 0) is 48.3 Å². The predicted octanol–water partition coefficient (Wildman–Crippen LogP) is 3.09. The highest BCUT2D eigenvalue weighted by atomic mass is 16.5. The summed E-state index contributed by atoms with van der Waals surface area (Å²) in [5.74, 6) is 3.89. The summed E-state index contributed by atoms with van der Waals surface area (Å²) in [5.41, 5.74) is 0.640. The molecule has 0 N–H and O–H groups in total. The molecule has 2 bridgehead atoms. The van der Waals surface area contributed by atoms with Crippen molar-refractivity contribution in [2.24, 2.45) is 29.1 Å². The van der Waals surface area contributed by atoms with E-state index in [4.69, 9.17) is 4.74 Å². The van der Waals surface area contributed by atoms with Gasteiger partial charge in [-0.2, -0.15) is 0 Å². The van der Waals surface area contributed by atoms with Gasteiger partial charge in [0.05, 0.1) is 6.10 Å². The van der Waals surface area contributed by atoms with E-state index < -0.39 is 0 Å². The highest BCUT2D eigenvalue weighted by Gasteiger charge is 2.62. The Balaban J connectivity index is 1.92. The standard InChI is InChI=1S/C13H22O/c1-8-4-5-10-12(8)9-6-13(10,2)7-11(9)14-3/h8-12H,4-7H2,1-3H3. The second-order valence-corrected chi connectivity index (χ2v) is 6.24. The SMILES string of the molecule is COC1CC2(C)CC1C1C(C)CCC12. The fraction of sp³-hybridized carbons (Fsp3) is 1.00. The van der Waals surface area contributed by atoms with Crippen LogP contribution in [-0.4, -0.2) is 13.2 Å². The Morgan fingerprint density at radius 2 is 2.00 bits per heavy atom. The normalized spacial score (nSPS) is 60.6. The van der Waals surface area contributed by atoms with E-state index in [-0.39, 0.29) is 0 Å². The number of methoxy groups -OCH3 is 1. The summed E-state index contributed by atoms with van der Waals surface area (Å²) in [7, 11) is 1.91. The number of hydrogen-bond acceptors (Lipinski definition) is 1. The van der Waals surface area contributed by atoms with Crippen LogP contribution in [0.1, 0.15) is 39.5 Å². The smallest absolute Gasteiger partial charge is 0.0607 e. The van der Waals surface area contributed by atoms with Crippen LogP contribution >= 0.6 is 0 Å². The summed E-state index contributed by atoms with van der Waals surface area (Å²) >= 11 is 0. The molecule has 0 aromatic rings. The fourth-order valence-electron chi connectivity index (χ4n) is 5.07. The van der Waals surface area contributed by atoms with E-state index in [1.54, 1.807) is 0 Å². The van der Waals surface area contributed by atoms with Gasteiger partial charge < -0.3 is 4.74 Å². The molecule has 1 heteroatoms. The summed E-state index contributed by atoms with van der Waals surface area (Å²) in [5, 5.41) is 0. The van der Waals surface area contributed by atoms with Crippen LogP contribution in [0.5, 0.6) is 0 Å². The molecule has 3 aliphatic rings. The molecule has 0 heterocycles. The lowest BCUT2D eigenvalue weighted by molar-refractivity contribution is -0.00294. The third kappa shape index (κ3) is 0.946. The molecule has 80 valence electrons. The van der Waals surface area contributed by atoms with Gasteiger partial charge in [0.15, 0.2) is 0 Å². The molecule has 1 nitrogen and oxygen atoms in total. The first-order chi connectivity index (χ1) is 6.65. The number of hydrogen-bond donors (Lipinski definition) is 0. The molecule has 0 amide bonds. The first-order valence-electron chi connectivity index (χ1n) is 6.18. The van der Waals surface area contributed by atoms with E-state index in [9.17, 15) is 0 Å². The number of rotatable bonds is 1. The maximum atomic E-state index is 5.67. The monoisotopic (exact) mass is 194 g/mol. The summed E-state index contributed by atoms with van der Waals surface area (Å²) in [6.07, 6.45) is 6.34. The van der Waals surface area contributed by atoms with Crippen molar-refractivity contribution in [3.8, 4) is 0 Å². The highest BCUT2D eigenvalue weighted by molar-refractivity contribution is 5.11. The van der Waals surface area contributed by atoms with Gasteiger partial charge in [0.2, 0.25) is 0 Å². The van der Waals surface area contributed by atoms with Gasteiger partial charge in [0, 0.05) is 7.11 Å². The van der Waals surface area contributed by atoms with Crippen molar-refractivity contribution >= 4 is 0 Å². The molecule has 3 aliphatic carbocycles. The largest absolute Gasteiger partial charge is 0.381 e. The van der Waals surface area contributed by atoms with Crippen molar-refractivity contribution in [1.29, 1.82) is 0 Å². The third-order valence-corrected chi connectivity index (χ3v) is 5.59. The van der Waals surface area contributed by atoms with Crippen molar-refractivity contribution in [1.82, 2.24) is 0 Å². The average molecular weight is 194 g/mol. The van der Waals surface area contributed by atoms with Gasteiger partial charge >= 0.3 is 0 Å². The van der Waals surface area contributed by atoms with E-state index in [0.29, 0.717) is 11.5 Å². The molecule has 6 unspecified atom stereocenters. The van der Waals surface area contributed by atoms with E-state index in [1.165, 1.54) is 25.7 Å². The zero-order chi connectivity index (χ0) is 9.92. The van der Waals surface area contributed by atoms with Gasteiger partial charge in [-0.1, -0.05) is 20.3 Å². The Kier molecular flexibility index (Phi) is 1.81. The van der Waals surface area contributed by atoms with Crippen LogP contribution in [-0.2, 0) is 4.74 Å². The Bertz CT molecular complexity index is 250. The van der Waals surface area contributed by atoms with Crippen molar-refractivity contribution in [3.05, 3.63) is 0 Å². The summed E-state index contributed by atoms with van der Waals surface area (Å²) in [6, 6.07) is 0. The lowest BCUT2D eigenvalue weighted by atomic mass is 9.71. The molecule has 14 heavy (non-hydrogen) atoms. The van der Waals surface area contributed by atoms with Crippen LogP contribution in [0, 0.1) is 29.1 Å². The molecule has 0 aromatic heterocycles. The van der Waals surface area contributed by atoms with Crippen molar-refractivity contribution in [3.63, 3.8) is 0 Å². The first kappa shape index (κ1) is 9.21. The Hall–Kier alpha value is -0.0400. The molecule has 0 saturated heterocycles. The molecule has 0 spiro atoms. The van der Waals surface area contributed by atoms with Crippen LogP contribution in [0.3, 0.4) is 0 Å². The van der Waals surface area contributed by atoms with Crippen molar-refractivity contribution in [2.75, 3.05) is 7.11 Å². The van der Waals surface area contributed by atoms with Gasteiger partial charge in [0.25, 0.3) is 0 Å². The van der Waals surface area contributed by atoms with Crippen molar-refractivity contribution < 1.29 is 4.74 Å². The minimum Gasteiger partial charge on any atom is -0.381 e. The lowest BCUT2D eigenvalue weighted by Gasteiger charge is -2.37. The summed E-state index contributed by atoms with van der Waals surface area (Å²) in [6.45, 7) is 4.98. The van der Waals surface area contributed by atoms with E-state index in [1.807, 2.05) is 7.11 Å². The molecule has 0 aliphatic heterocycles. The molecule has 0 radical (unpaired) electrons. The molecule has 6 atom stereocenters. The second kappa shape index (κ2) is 2.75. The zero-order valence-corrected chi connectivity index (χ0v) is 9.62. The maximum absolute atomic E-state index is 5.67. The van der Waals surface area contributed by atoms with Gasteiger partial charge in [0.1, 0.15) is 0 Å². The van der Waals surface area contributed by atoms with Crippen LogP contribution in [0.2, 0.25) is 0 Å². The van der Waals surface area contributed by atoms with Gasteiger partial charge in [-0.25, -0.2) is 0 Å². The van der Waals surface area contributed by atoms with E-state index >= 15 is 0 Å². The molecule has 3 saturated carbocycles. The van der Waals surface area contributed by atoms with E-state index in [2.05, 4.69) is 13.8 Å². The van der Waals surface area contributed by atoms with Gasteiger partial charge in [-0.3, -0.25) is 0 Å². The van der Waals surface area contributed by atoms with E-state index in [0.717, 1.165) is 23.7 Å². The zero-order valence-electron chi connectivity index (χ0n) is 9.62. The highest BCUT2D eigenvalue weighted by Crippen LogP contribution is 2.67. The average Bonchev–Trinajstić information content (AvgIpc) is 2.75. The minimum absolute atomic E-state index is 0.585. The first-order valence-corrected chi connectivity index (χ1v) is 6.18. The molecule has 3 fully saturated rings. The summed E-state index contributed by atoms with van der Waals surface area (Å²) in [4.78, 5) is 0. The summed E-state index contributed by atoms with van der Waals surface area (Å²) < 4.78 is 5.67. The molecular weight excluding hydrogens is 172 g/mol. The fourth-order valence-corrected chi connectivity index (χ4v) is 5.07. The Morgan fingerprint density at radius 3 is 2.71 bits per heavy atom. The number of fused-ring (bicyclic) bond motifs is 5. The third-order valence-electron chi connectivity index (χ3n) is 5.59. The number of ether oxygens (including phenoxy) is 1. The van der Waals surface area contributed by atoms with Crippen LogP contribution in [0.25, 0.3) is 0 Å². The van der Waals surface area contributed by atoms with Crippen LogP contribution in [0.4, 0.5) is 0 Å². The topological polar surface area (TPSA) is 9.23 Å².